The lowest BCUT2D eigenvalue weighted by Crippen LogP contribution is -2.21. The largest absolute Gasteiger partial charge is 0.461 e. The lowest BCUT2D eigenvalue weighted by Gasteiger charge is -2.07. The average molecular weight is 440 g/mol. The molecule has 0 bridgehead atoms. The van der Waals surface area contributed by atoms with Crippen LogP contribution < -0.4 is 16.2 Å². The molecule has 0 aromatic heterocycles. The first-order valence-electron chi connectivity index (χ1n) is 9.20. The van der Waals surface area contributed by atoms with Crippen LogP contribution in [0.1, 0.15) is 21.5 Å². The van der Waals surface area contributed by atoms with Crippen molar-refractivity contribution in [3.8, 4) is 5.75 Å². The highest BCUT2D eigenvalue weighted by Crippen LogP contribution is 2.17. The van der Waals surface area contributed by atoms with E-state index in [2.05, 4.69) is 4.99 Å². The summed E-state index contributed by atoms with van der Waals surface area (Å²) < 4.78 is 10.6. The summed E-state index contributed by atoms with van der Waals surface area (Å²) in [5, 5.41) is 0. The Balaban J connectivity index is 0.00000341. The summed E-state index contributed by atoms with van der Waals surface area (Å²) in [5.41, 5.74) is 13.2. The van der Waals surface area contributed by atoms with Crippen LogP contribution in [0.3, 0.4) is 0 Å². The van der Waals surface area contributed by atoms with Gasteiger partial charge in [-0.05, 0) is 47.5 Å². The summed E-state index contributed by atoms with van der Waals surface area (Å²) in [7, 11) is 0. The second-order valence-corrected chi connectivity index (χ2v) is 6.44. The van der Waals surface area contributed by atoms with E-state index in [4.69, 9.17) is 20.9 Å². The van der Waals surface area contributed by atoms with E-state index in [0.717, 1.165) is 11.1 Å². The maximum atomic E-state index is 12.2. The number of carbonyl (C=O) groups is 2. The highest BCUT2D eigenvalue weighted by atomic mass is 35.5. The molecule has 0 fully saturated rings. The van der Waals surface area contributed by atoms with Crippen LogP contribution in [0.15, 0.2) is 83.9 Å². The second kappa shape index (κ2) is 11.4. The van der Waals surface area contributed by atoms with Crippen LogP contribution in [0.4, 0.5) is 5.69 Å². The molecule has 0 radical (unpaired) electrons. The molecule has 0 atom stereocenters. The summed E-state index contributed by atoms with van der Waals surface area (Å²) in [4.78, 5) is 28.1. The number of guanidine groups is 1. The standard InChI is InChI=1S/C23H21N3O4.ClH/c24-23(25)26-19-10-8-18(9-11-19)22(28)30-20-12-6-16(7-13-20)14-21(27)29-15-17-4-2-1-3-5-17;/h1-13H,14-15H2,(H4,24,25,26);1H. The van der Waals surface area contributed by atoms with Crippen molar-refractivity contribution in [1.82, 2.24) is 0 Å². The third kappa shape index (κ3) is 7.49. The number of hydrogen-bond acceptors (Lipinski definition) is 5. The van der Waals surface area contributed by atoms with E-state index in [1.165, 1.54) is 0 Å². The summed E-state index contributed by atoms with van der Waals surface area (Å²) in [6.45, 7) is 0.233. The van der Waals surface area contributed by atoms with Crippen LogP contribution in [-0.2, 0) is 22.6 Å². The Morgan fingerprint density at radius 2 is 1.45 bits per heavy atom. The van der Waals surface area contributed by atoms with Gasteiger partial charge in [0.15, 0.2) is 5.96 Å². The lowest BCUT2D eigenvalue weighted by atomic mass is 10.1. The third-order valence-electron chi connectivity index (χ3n) is 4.09. The Morgan fingerprint density at radius 3 is 2.06 bits per heavy atom. The minimum absolute atomic E-state index is 0. The van der Waals surface area contributed by atoms with E-state index in [0.29, 0.717) is 17.0 Å². The SMILES string of the molecule is Cl.NC(N)=Nc1ccc(C(=O)Oc2ccc(CC(=O)OCc3ccccc3)cc2)cc1. The van der Waals surface area contributed by atoms with Gasteiger partial charge in [0, 0.05) is 0 Å². The van der Waals surface area contributed by atoms with Crippen molar-refractivity contribution in [2.45, 2.75) is 13.0 Å². The van der Waals surface area contributed by atoms with E-state index >= 15 is 0 Å². The zero-order valence-corrected chi connectivity index (χ0v) is 17.4. The molecule has 0 amide bonds. The van der Waals surface area contributed by atoms with Gasteiger partial charge in [-0.3, -0.25) is 4.79 Å². The van der Waals surface area contributed by atoms with Gasteiger partial charge in [-0.1, -0.05) is 42.5 Å². The van der Waals surface area contributed by atoms with E-state index in [1.807, 2.05) is 30.3 Å². The molecule has 3 aromatic rings. The maximum absolute atomic E-state index is 12.2. The number of carbonyl (C=O) groups excluding carboxylic acids is 2. The fourth-order valence-corrected chi connectivity index (χ4v) is 2.62. The molecule has 0 spiro atoms. The summed E-state index contributed by atoms with van der Waals surface area (Å²) in [6, 6.07) is 22.5. The topological polar surface area (TPSA) is 117 Å². The number of nitrogens with two attached hydrogens (primary N) is 2. The highest BCUT2D eigenvalue weighted by molar-refractivity contribution is 5.91. The Morgan fingerprint density at radius 1 is 0.806 bits per heavy atom. The van der Waals surface area contributed by atoms with Crippen molar-refractivity contribution in [2.75, 3.05) is 0 Å². The van der Waals surface area contributed by atoms with Crippen LogP contribution in [0, 0.1) is 0 Å². The number of hydrogen-bond donors (Lipinski definition) is 2. The van der Waals surface area contributed by atoms with E-state index in [9.17, 15) is 9.59 Å². The molecule has 3 rings (SSSR count). The number of esters is 2. The number of nitrogens with zero attached hydrogens (tertiary/aromatic N) is 1. The van der Waals surface area contributed by atoms with Gasteiger partial charge in [0.2, 0.25) is 0 Å². The summed E-state index contributed by atoms with van der Waals surface area (Å²) >= 11 is 0. The predicted molar refractivity (Wildman–Crippen MR) is 121 cm³/mol. The molecule has 0 saturated heterocycles. The monoisotopic (exact) mass is 439 g/mol. The lowest BCUT2D eigenvalue weighted by molar-refractivity contribution is -0.144. The number of ether oxygens (including phenoxy) is 2. The molecule has 3 aromatic carbocycles. The Labute approximate surface area is 186 Å². The molecule has 160 valence electrons. The van der Waals surface area contributed by atoms with Crippen LogP contribution in [0.2, 0.25) is 0 Å². The smallest absolute Gasteiger partial charge is 0.343 e. The number of rotatable bonds is 7. The zero-order valence-electron chi connectivity index (χ0n) is 16.6. The molecule has 0 aliphatic heterocycles. The first kappa shape index (κ1) is 23.4. The first-order valence-corrected chi connectivity index (χ1v) is 9.20. The van der Waals surface area contributed by atoms with Crippen molar-refractivity contribution in [2.24, 2.45) is 16.5 Å². The summed E-state index contributed by atoms with van der Waals surface area (Å²) in [5.74, 6) is -0.533. The number of halogens is 1. The molecule has 0 unspecified atom stereocenters. The normalized spacial score (nSPS) is 9.81. The van der Waals surface area contributed by atoms with E-state index in [-0.39, 0.29) is 37.4 Å². The van der Waals surface area contributed by atoms with Crippen molar-refractivity contribution in [1.29, 1.82) is 0 Å². The Kier molecular flexibility index (Phi) is 8.60. The van der Waals surface area contributed by atoms with Gasteiger partial charge in [0.1, 0.15) is 12.4 Å². The molecular formula is C23H22ClN3O4. The van der Waals surface area contributed by atoms with Crippen molar-refractivity contribution >= 4 is 36.0 Å². The van der Waals surface area contributed by atoms with Gasteiger partial charge >= 0.3 is 11.9 Å². The van der Waals surface area contributed by atoms with Gasteiger partial charge < -0.3 is 20.9 Å². The highest BCUT2D eigenvalue weighted by Gasteiger charge is 2.10. The maximum Gasteiger partial charge on any atom is 0.343 e. The number of aliphatic imine (C=N–C) groups is 1. The summed E-state index contributed by atoms with van der Waals surface area (Å²) in [6.07, 6.45) is 0.132. The van der Waals surface area contributed by atoms with Crippen LogP contribution in [-0.4, -0.2) is 17.9 Å². The third-order valence-corrected chi connectivity index (χ3v) is 4.09. The first-order chi connectivity index (χ1) is 14.5. The average Bonchev–Trinajstić information content (AvgIpc) is 2.74. The molecule has 4 N–H and O–H groups in total. The molecule has 0 heterocycles. The molecule has 0 aliphatic carbocycles. The molecular weight excluding hydrogens is 418 g/mol. The second-order valence-electron chi connectivity index (χ2n) is 6.44. The minimum Gasteiger partial charge on any atom is -0.461 e. The predicted octanol–water partition coefficient (Wildman–Crippen LogP) is 3.52. The van der Waals surface area contributed by atoms with Crippen molar-refractivity contribution in [3.63, 3.8) is 0 Å². The Bertz CT molecular complexity index is 1030. The van der Waals surface area contributed by atoms with Gasteiger partial charge in [0.25, 0.3) is 0 Å². The minimum atomic E-state index is -0.513. The molecule has 7 nitrogen and oxygen atoms in total. The number of benzene rings is 3. The fraction of sp³-hybridized carbons (Fsp3) is 0.0870. The van der Waals surface area contributed by atoms with Gasteiger partial charge in [-0.15, -0.1) is 12.4 Å². The van der Waals surface area contributed by atoms with E-state index < -0.39 is 5.97 Å². The van der Waals surface area contributed by atoms with Crippen molar-refractivity contribution in [3.05, 3.63) is 95.6 Å². The zero-order chi connectivity index (χ0) is 21.3. The van der Waals surface area contributed by atoms with E-state index in [1.54, 1.807) is 48.5 Å². The van der Waals surface area contributed by atoms with Crippen molar-refractivity contribution < 1.29 is 19.1 Å². The van der Waals surface area contributed by atoms with Crippen LogP contribution in [0.25, 0.3) is 0 Å². The molecule has 0 aliphatic rings. The quantitative estimate of drug-likeness (QED) is 0.252. The van der Waals surface area contributed by atoms with Crippen LogP contribution in [0.5, 0.6) is 5.75 Å². The van der Waals surface area contributed by atoms with Gasteiger partial charge in [-0.2, -0.15) is 0 Å². The fourth-order valence-electron chi connectivity index (χ4n) is 2.62. The molecule has 0 saturated carbocycles. The Hall–Kier alpha value is -3.84. The van der Waals surface area contributed by atoms with Gasteiger partial charge in [0.05, 0.1) is 17.7 Å². The molecule has 8 heteroatoms. The van der Waals surface area contributed by atoms with Crippen LogP contribution >= 0.6 is 12.4 Å². The molecule has 31 heavy (non-hydrogen) atoms. The van der Waals surface area contributed by atoms with Gasteiger partial charge in [-0.25, -0.2) is 9.79 Å².